The van der Waals surface area contributed by atoms with Gasteiger partial charge in [-0.05, 0) is 37.3 Å². The van der Waals surface area contributed by atoms with Gasteiger partial charge in [-0.1, -0.05) is 5.92 Å². The molecule has 0 bridgehead atoms. The van der Waals surface area contributed by atoms with Gasteiger partial charge in [0.1, 0.15) is 23.2 Å². The van der Waals surface area contributed by atoms with E-state index in [0.717, 1.165) is 24.0 Å². The lowest BCUT2D eigenvalue weighted by Gasteiger charge is -2.17. The van der Waals surface area contributed by atoms with Crippen LogP contribution in [0.1, 0.15) is 17.2 Å². The Balaban J connectivity index is 1.83. The average molecular weight is 342 g/mol. The lowest BCUT2D eigenvalue weighted by atomic mass is 10.2. The van der Waals surface area contributed by atoms with Gasteiger partial charge >= 0.3 is 0 Å². The molecule has 0 spiro atoms. The molecule has 6 heteroatoms. The molecule has 0 aliphatic carbocycles. The van der Waals surface area contributed by atoms with Gasteiger partial charge in [0.2, 0.25) is 5.89 Å². The number of aryl methyl sites for hydroxylation is 1. The van der Waals surface area contributed by atoms with Crippen LogP contribution in [0, 0.1) is 30.9 Å². The van der Waals surface area contributed by atoms with E-state index in [2.05, 4.69) is 10.9 Å². The van der Waals surface area contributed by atoms with Crippen molar-refractivity contribution < 1.29 is 17.6 Å². The summed E-state index contributed by atoms with van der Waals surface area (Å²) in [6.07, 6.45) is 7.02. The summed E-state index contributed by atoms with van der Waals surface area (Å²) in [7, 11) is 0. The zero-order chi connectivity index (χ0) is 17.8. The van der Waals surface area contributed by atoms with Crippen LogP contribution in [0.3, 0.4) is 0 Å². The molecule has 0 amide bonds. The van der Waals surface area contributed by atoms with Gasteiger partial charge in [-0.25, -0.2) is 13.8 Å². The van der Waals surface area contributed by atoms with Gasteiger partial charge in [0.05, 0.1) is 30.6 Å². The number of furan rings is 1. The largest absolute Gasteiger partial charge is 0.468 e. The molecule has 4 nitrogen and oxygen atoms in total. The summed E-state index contributed by atoms with van der Waals surface area (Å²) in [5.41, 5.74) is 0.601. The van der Waals surface area contributed by atoms with Crippen LogP contribution in [-0.4, -0.2) is 16.4 Å². The number of halogens is 2. The first-order valence-electron chi connectivity index (χ1n) is 7.66. The van der Waals surface area contributed by atoms with Gasteiger partial charge < -0.3 is 8.83 Å². The van der Waals surface area contributed by atoms with E-state index in [1.165, 1.54) is 0 Å². The molecule has 0 radical (unpaired) electrons. The monoisotopic (exact) mass is 342 g/mol. The number of nitrogens with zero attached hydrogens (tertiary/aromatic N) is 2. The van der Waals surface area contributed by atoms with Crippen molar-refractivity contribution >= 4 is 0 Å². The quantitative estimate of drug-likeness (QED) is 0.631. The maximum atomic E-state index is 13.9. The standard InChI is InChI=1S/C19H16F2N2O2/c1-3-8-23(11-15-5-4-9-24-15)12-18-13(2)25-19(22-18)16-10-14(20)6-7-17(16)21/h1,4-7,9-10H,8,11-12H2,2H3. The lowest BCUT2D eigenvalue weighted by molar-refractivity contribution is 0.260. The number of terminal acetylenes is 1. The van der Waals surface area contributed by atoms with Crippen LogP contribution < -0.4 is 0 Å². The Bertz CT molecular complexity index is 895. The van der Waals surface area contributed by atoms with Crippen molar-refractivity contribution in [1.82, 2.24) is 9.88 Å². The minimum atomic E-state index is -0.592. The Kier molecular flexibility index (Phi) is 4.96. The molecule has 0 saturated carbocycles. The number of hydrogen-bond acceptors (Lipinski definition) is 4. The first kappa shape index (κ1) is 16.9. The van der Waals surface area contributed by atoms with Gasteiger partial charge in [-0.2, -0.15) is 0 Å². The minimum absolute atomic E-state index is 0.0103. The van der Waals surface area contributed by atoms with E-state index in [1.807, 2.05) is 11.0 Å². The second kappa shape index (κ2) is 7.32. The van der Waals surface area contributed by atoms with Crippen molar-refractivity contribution in [2.75, 3.05) is 6.54 Å². The minimum Gasteiger partial charge on any atom is -0.468 e. The Morgan fingerprint density at radius 2 is 2.08 bits per heavy atom. The van der Waals surface area contributed by atoms with Crippen LogP contribution in [0.4, 0.5) is 8.78 Å². The number of hydrogen-bond donors (Lipinski definition) is 0. The molecule has 0 N–H and O–H groups in total. The summed E-state index contributed by atoms with van der Waals surface area (Å²) in [4.78, 5) is 6.26. The highest BCUT2D eigenvalue weighted by atomic mass is 19.1. The van der Waals surface area contributed by atoms with E-state index in [1.54, 1.807) is 19.3 Å². The normalized spacial score (nSPS) is 11.0. The van der Waals surface area contributed by atoms with Gasteiger partial charge in [-0.15, -0.1) is 6.42 Å². The van der Waals surface area contributed by atoms with E-state index in [9.17, 15) is 8.78 Å². The molecule has 3 aromatic rings. The van der Waals surface area contributed by atoms with E-state index < -0.39 is 11.6 Å². The topological polar surface area (TPSA) is 42.4 Å². The number of oxazole rings is 1. The SMILES string of the molecule is C#CCN(Cc1ccco1)Cc1nc(-c2cc(F)ccc2F)oc1C. The van der Waals surface area contributed by atoms with Gasteiger partial charge in [-0.3, -0.25) is 4.90 Å². The predicted octanol–water partition coefficient (Wildman–Crippen LogP) is 4.16. The molecule has 1 aromatic carbocycles. The second-order valence-corrected chi connectivity index (χ2v) is 5.57. The van der Waals surface area contributed by atoms with Crippen molar-refractivity contribution in [3.05, 3.63) is 65.4 Å². The summed E-state index contributed by atoms with van der Waals surface area (Å²) in [6.45, 7) is 3.02. The molecule has 0 aliphatic heterocycles. The Labute approximate surface area is 144 Å². The van der Waals surface area contributed by atoms with Gasteiger partial charge in [0.15, 0.2) is 0 Å². The third-order valence-electron chi connectivity index (χ3n) is 3.70. The van der Waals surface area contributed by atoms with Crippen molar-refractivity contribution in [3.8, 4) is 23.8 Å². The molecule has 0 atom stereocenters. The van der Waals surface area contributed by atoms with E-state index in [-0.39, 0.29) is 11.5 Å². The van der Waals surface area contributed by atoms with E-state index in [4.69, 9.17) is 15.3 Å². The fraction of sp³-hybridized carbons (Fsp3) is 0.211. The molecule has 2 heterocycles. The Hall–Kier alpha value is -2.91. The molecule has 128 valence electrons. The zero-order valence-electron chi connectivity index (χ0n) is 13.6. The van der Waals surface area contributed by atoms with Crippen molar-refractivity contribution in [2.45, 2.75) is 20.0 Å². The predicted molar refractivity (Wildman–Crippen MR) is 88.2 cm³/mol. The summed E-state index contributed by atoms with van der Waals surface area (Å²) in [6, 6.07) is 6.81. The molecule has 0 aliphatic rings. The number of aromatic nitrogens is 1. The molecule has 0 unspecified atom stereocenters. The van der Waals surface area contributed by atoms with Crippen LogP contribution in [0.15, 0.2) is 45.4 Å². The van der Waals surface area contributed by atoms with E-state index >= 15 is 0 Å². The fourth-order valence-electron chi connectivity index (χ4n) is 2.48. The third kappa shape index (κ3) is 3.95. The second-order valence-electron chi connectivity index (χ2n) is 5.57. The zero-order valence-corrected chi connectivity index (χ0v) is 13.6. The summed E-state index contributed by atoms with van der Waals surface area (Å²) >= 11 is 0. The van der Waals surface area contributed by atoms with E-state index in [0.29, 0.717) is 31.1 Å². The lowest BCUT2D eigenvalue weighted by Crippen LogP contribution is -2.23. The first-order chi connectivity index (χ1) is 12.1. The number of rotatable bonds is 6. The summed E-state index contributed by atoms with van der Waals surface area (Å²) < 4.78 is 38.2. The maximum Gasteiger partial charge on any atom is 0.229 e. The molecular formula is C19H16F2N2O2. The highest BCUT2D eigenvalue weighted by Gasteiger charge is 2.18. The Morgan fingerprint density at radius 1 is 1.24 bits per heavy atom. The van der Waals surface area contributed by atoms with Crippen LogP contribution in [-0.2, 0) is 13.1 Å². The summed E-state index contributed by atoms with van der Waals surface area (Å²) in [5, 5.41) is 0. The van der Waals surface area contributed by atoms with Crippen molar-refractivity contribution in [3.63, 3.8) is 0 Å². The highest BCUT2D eigenvalue weighted by molar-refractivity contribution is 5.54. The maximum absolute atomic E-state index is 13.9. The molecular weight excluding hydrogens is 326 g/mol. The van der Waals surface area contributed by atoms with Crippen LogP contribution in [0.5, 0.6) is 0 Å². The molecule has 0 fully saturated rings. The Morgan fingerprint density at radius 3 is 2.80 bits per heavy atom. The summed E-state index contributed by atoms with van der Waals surface area (Å²) in [5.74, 6) is 2.79. The van der Waals surface area contributed by atoms with Crippen molar-refractivity contribution in [2.24, 2.45) is 0 Å². The molecule has 0 saturated heterocycles. The van der Waals surface area contributed by atoms with Crippen LogP contribution in [0.2, 0.25) is 0 Å². The molecule has 25 heavy (non-hydrogen) atoms. The van der Waals surface area contributed by atoms with Crippen LogP contribution >= 0.6 is 0 Å². The fourth-order valence-corrected chi connectivity index (χ4v) is 2.48. The molecule has 3 rings (SSSR count). The first-order valence-corrected chi connectivity index (χ1v) is 7.66. The molecule has 2 aromatic heterocycles. The third-order valence-corrected chi connectivity index (χ3v) is 3.70. The van der Waals surface area contributed by atoms with Gasteiger partial charge in [0, 0.05) is 6.54 Å². The number of benzene rings is 1. The van der Waals surface area contributed by atoms with Gasteiger partial charge in [0.25, 0.3) is 0 Å². The van der Waals surface area contributed by atoms with Crippen molar-refractivity contribution in [1.29, 1.82) is 0 Å². The smallest absolute Gasteiger partial charge is 0.229 e. The van der Waals surface area contributed by atoms with Crippen LogP contribution in [0.25, 0.3) is 11.5 Å². The highest BCUT2D eigenvalue weighted by Crippen LogP contribution is 2.26. The average Bonchev–Trinajstić information content (AvgIpc) is 3.20.